The number of carboxylic acids is 1. The van der Waals surface area contributed by atoms with Crippen LogP contribution < -0.4 is 5.32 Å². The van der Waals surface area contributed by atoms with Crippen molar-refractivity contribution in [2.75, 3.05) is 13.2 Å². The van der Waals surface area contributed by atoms with Crippen LogP contribution in [0.25, 0.3) is 0 Å². The summed E-state index contributed by atoms with van der Waals surface area (Å²) < 4.78 is 10.0. The molecule has 0 aliphatic heterocycles. The van der Waals surface area contributed by atoms with Crippen LogP contribution in [-0.4, -0.2) is 58.7 Å². The second-order valence-electron chi connectivity index (χ2n) is 7.28. The number of nitrogens with zero attached hydrogens (tertiary/aromatic N) is 1. The van der Waals surface area contributed by atoms with E-state index < -0.39 is 42.0 Å². The second-order valence-corrected chi connectivity index (χ2v) is 7.28. The number of carboxylic acid groups (broad SMARTS) is 1. The molecule has 2 N–H and O–H groups in total. The van der Waals surface area contributed by atoms with Crippen molar-refractivity contribution in [3.63, 3.8) is 0 Å². The van der Waals surface area contributed by atoms with Crippen LogP contribution in [0.4, 0.5) is 4.79 Å². The van der Waals surface area contributed by atoms with Crippen LogP contribution in [0.15, 0.2) is 30.3 Å². The molecular weight excluding hydrogens is 380 g/mol. The lowest BCUT2D eigenvalue weighted by atomic mass is 10.1. The lowest BCUT2D eigenvalue weighted by Crippen LogP contribution is -2.51. The van der Waals surface area contributed by atoms with Crippen LogP contribution in [0.5, 0.6) is 0 Å². The van der Waals surface area contributed by atoms with Crippen LogP contribution in [0, 0.1) is 0 Å². The highest BCUT2D eigenvalue weighted by Crippen LogP contribution is 2.11. The Morgan fingerprint density at radius 2 is 1.76 bits per heavy atom. The summed E-state index contributed by atoms with van der Waals surface area (Å²) in [5.41, 5.74) is -0.0910. The van der Waals surface area contributed by atoms with Crippen LogP contribution in [0.1, 0.15) is 39.7 Å². The Kier molecular flexibility index (Phi) is 9.11. The minimum atomic E-state index is -1.40. The summed E-state index contributed by atoms with van der Waals surface area (Å²) in [5, 5.41) is 11.5. The van der Waals surface area contributed by atoms with Crippen LogP contribution in [-0.2, 0) is 30.4 Å². The lowest BCUT2D eigenvalue weighted by molar-refractivity contribution is -0.150. The summed E-state index contributed by atoms with van der Waals surface area (Å²) in [7, 11) is 0. The van der Waals surface area contributed by atoms with Crippen molar-refractivity contribution in [2.45, 2.75) is 52.3 Å². The van der Waals surface area contributed by atoms with Gasteiger partial charge in [-0.25, -0.2) is 4.79 Å². The Bertz CT molecular complexity index is 713. The highest BCUT2D eigenvalue weighted by molar-refractivity contribution is 5.91. The first-order chi connectivity index (χ1) is 13.5. The molecule has 2 amide bonds. The van der Waals surface area contributed by atoms with E-state index in [1.165, 1.54) is 0 Å². The Morgan fingerprint density at radius 3 is 2.28 bits per heavy atom. The largest absolute Gasteiger partial charge is 0.481 e. The van der Waals surface area contributed by atoms with E-state index in [0.29, 0.717) is 0 Å². The van der Waals surface area contributed by atoms with Gasteiger partial charge in [-0.3, -0.25) is 14.4 Å². The highest BCUT2D eigenvalue weighted by atomic mass is 16.6. The van der Waals surface area contributed by atoms with Crippen molar-refractivity contribution in [1.29, 1.82) is 0 Å². The number of hydrogen-bond donors (Lipinski definition) is 2. The van der Waals surface area contributed by atoms with Gasteiger partial charge in [0.05, 0.1) is 13.0 Å². The average molecular weight is 408 g/mol. The molecule has 0 fully saturated rings. The minimum absolute atomic E-state index is 0.0462. The molecule has 29 heavy (non-hydrogen) atoms. The van der Waals surface area contributed by atoms with Gasteiger partial charge in [0.25, 0.3) is 0 Å². The Balaban J connectivity index is 3.05. The number of hydrogen-bond acceptors (Lipinski definition) is 6. The lowest BCUT2D eigenvalue weighted by Gasteiger charge is -2.27. The normalized spacial score (nSPS) is 11.9. The molecule has 0 heterocycles. The average Bonchev–Trinajstić information content (AvgIpc) is 2.59. The second kappa shape index (κ2) is 11.0. The maximum atomic E-state index is 13.0. The van der Waals surface area contributed by atoms with E-state index in [2.05, 4.69) is 5.32 Å². The highest BCUT2D eigenvalue weighted by Gasteiger charge is 2.31. The summed E-state index contributed by atoms with van der Waals surface area (Å²) in [5.74, 6) is -2.64. The van der Waals surface area contributed by atoms with E-state index in [-0.39, 0.29) is 19.7 Å². The molecule has 0 aliphatic rings. The fraction of sp³-hybridized carbons (Fsp3) is 0.500. The van der Waals surface area contributed by atoms with Crippen LogP contribution in [0.3, 0.4) is 0 Å². The van der Waals surface area contributed by atoms with Crippen molar-refractivity contribution < 1.29 is 33.8 Å². The molecule has 0 spiro atoms. The van der Waals surface area contributed by atoms with Gasteiger partial charge in [0.15, 0.2) is 0 Å². The van der Waals surface area contributed by atoms with Gasteiger partial charge >= 0.3 is 18.0 Å². The number of carbonyl (C=O) groups is 4. The van der Waals surface area contributed by atoms with Crippen molar-refractivity contribution in [1.82, 2.24) is 10.2 Å². The fourth-order valence-corrected chi connectivity index (χ4v) is 2.42. The van der Waals surface area contributed by atoms with Crippen molar-refractivity contribution >= 4 is 23.9 Å². The summed E-state index contributed by atoms with van der Waals surface area (Å²) in [6, 6.07) is 7.47. The molecule has 160 valence electrons. The van der Waals surface area contributed by atoms with E-state index in [1.807, 2.05) is 0 Å². The molecule has 1 rings (SSSR count). The summed E-state index contributed by atoms with van der Waals surface area (Å²) >= 11 is 0. The van der Waals surface area contributed by atoms with E-state index in [0.717, 1.165) is 10.5 Å². The van der Waals surface area contributed by atoms with Crippen LogP contribution >= 0.6 is 0 Å². The Labute approximate surface area is 170 Å². The van der Waals surface area contributed by atoms with Gasteiger partial charge in [-0.2, -0.15) is 0 Å². The van der Waals surface area contributed by atoms with Crippen molar-refractivity contribution in [2.24, 2.45) is 0 Å². The molecule has 1 atom stereocenters. The molecule has 1 aromatic carbocycles. The van der Waals surface area contributed by atoms with Gasteiger partial charge in [-0.1, -0.05) is 30.3 Å². The molecule has 0 radical (unpaired) electrons. The number of carbonyl (C=O) groups excluding carboxylic acids is 3. The quantitative estimate of drug-likeness (QED) is 0.599. The standard InChI is InChI=1S/C20H28N2O7/c1-5-28-17(25)13-22(12-14-9-7-6-8-10-14)18(26)15(11-16(23)24)21-19(27)29-20(2,3)4/h6-10,15H,5,11-13H2,1-4H3,(H,21,27)(H,23,24). The van der Waals surface area contributed by atoms with Crippen molar-refractivity contribution in [3.8, 4) is 0 Å². The maximum absolute atomic E-state index is 13.0. The predicted molar refractivity (Wildman–Crippen MR) is 104 cm³/mol. The van der Waals surface area contributed by atoms with E-state index in [4.69, 9.17) is 14.6 Å². The molecule has 0 aliphatic carbocycles. The third-order valence-corrected chi connectivity index (χ3v) is 3.52. The fourth-order valence-electron chi connectivity index (χ4n) is 2.42. The number of aliphatic carboxylic acids is 1. The maximum Gasteiger partial charge on any atom is 0.408 e. The van der Waals surface area contributed by atoms with Gasteiger partial charge in [0.1, 0.15) is 18.2 Å². The molecule has 0 bridgehead atoms. The number of nitrogens with one attached hydrogen (secondary N) is 1. The Hall–Kier alpha value is -3.10. The van der Waals surface area contributed by atoms with Crippen LogP contribution in [0.2, 0.25) is 0 Å². The molecule has 0 saturated carbocycles. The van der Waals surface area contributed by atoms with Gasteiger partial charge in [-0.15, -0.1) is 0 Å². The predicted octanol–water partition coefficient (Wildman–Crippen LogP) is 1.95. The van der Waals surface area contributed by atoms with E-state index in [1.54, 1.807) is 58.0 Å². The summed E-state index contributed by atoms with van der Waals surface area (Å²) in [6.45, 7) is 6.37. The smallest absolute Gasteiger partial charge is 0.408 e. The van der Waals surface area contributed by atoms with Gasteiger partial charge in [0.2, 0.25) is 5.91 Å². The SMILES string of the molecule is CCOC(=O)CN(Cc1ccccc1)C(=O)C(CC(=O)O)NC(=O)OC(C)(C)C. The number of alkyl carbamates (subject to hydrolysis) is 1. The summed E-state index contributed by atoms with van der Waals surface area (Å²) in [4.78, 5) is 49.4. The first-order valence-corrected chi connectivity index (χ1v) is 9.21. The van der Waals surface area contributed by atoms with E-state index in [9.17, 15) is 19.2 Å². The zero-order valence-electron chi connectivity index (χ0n) is 17.1. The molecule has 1 unspecified atom stereocenters. The number of benzene rings is 1. The first kappa shape index (κ1) is 23.9. The third kappa shape index (κ3) is 9.59. The zero-order chi connectivity index (χ0) is 22.0. The molecule has 0 aromatic heterocycles. The minimum Gasteiger partial charge on any atom is -0.481 e. The zero-order valence-corrected chi connectivity index (χ0v) is 17.1. The van der Waals surface area contributed by atoms with E-state index >= 15 is 0 Å². The van der Waals surface area contributed by atoms with Crippen molar-refractivity contribution in [3.05, 3.63) is 35.9 Å². The number of rotatable bonds is 9. The third-order valence-electron chi connectivity index (χ3n) is 3.52. The van der Waals surface area contributed by atoms with Gasteiger partial charge < -0.3 is 24.8 Å². The number of ether oxygens (including phenoxy) is 2. The molecular formula is C20H28N2O7. The Morgan fingerprint density at radius 1 is 1.14 bits per heavy atom. The first-order valence-electron chi connectivity index (χ1n) is 9.21. The molecule has 9 nitrogen and oxygen atoms in total. The topological polar surface area (TPSA) is 122 Å². The molecule has 1 aromatic rings. The summed E-state index contributed by atoms with van der Waals surface area (Å²) in [6.07, 6.45) is -1.58. The molecule has 9 heteroatoms. The van der Waals surface area contributed by atoms with Gasteiger partial charge in [0, 0.05) is 6.54 Å². The number of esters is 1. The monoisotopic (exact) mass is 408 g/mol. The molecule has 0 saturated heterocycles. The van der Waals surface area contributed by atoms with Gasteiger partial charge in [-0.05, 0) is 33.3 Å². The number of amides is 2.